The van der Waals surface area contributed by atoms with E-state index in [1.165, 1.54) is 12.1 Å². The summed E-state index contributed by atoms with van der Waals surface area (Å²) in [6, 6.07) is 10.5. The van der Waals surface area contributed by atoms with Crippen molar-refractivity contribution in [2.75, 3.05) is 0 Å². The molecular formula is C16H13BrClFN2. The number of hydrogen-bond acceptors (Lipinski definition) is 1. The molecule has 0 saturated carbocycles. The molecule has 3 rings (SSSR count). The van der Waals surface area contributed by atoms with Gasteiger partial charge in [-0.2, -0.15) is 0 Å². The summed E-state index contributed by atoms with van der Waals surface area (Å²) < 4.78 is 16.0. The highest BCUT2D eigenvalue weighted by atomic mass is 79.9. The Labute approximate surface area is 135 Å². The van der Waals surface area contributed by atoms with Crippen LogP contribution in [0.15, 0.2) is 47.1 Å². The quantitative estimate of drug-likeness (QED) is 0.714. The summed E-state index contributed by atoms with van der Waals surface area (Å²) in [6.07, 6.45) is 2.02. The third kappa shape index (κ3) is 2.84. The number of aromatic nitrogens is 1. The minimum atomic E-state index is -0.256. The Kier molecular flexibility index (Phi) is 4.02. The molecule has 0 saturated heterocycles. The van der Waals surface area contributed by atoms with Crippen LogP contribution in [0.2, 0.25) is 5.02 Å². The molecule has 0 unspecified atom stereocenters. The van der Waals surface area contributed by atoms with Gasteiger partial charge in [-0.1, -0.05) is 39.7 Å². The lowest BCUT2D eigenvalue weighted by Gasteiger charge is -2.08. The van der Waals surface area contributed by atoms with Crippen molar-refractivity contribution in [3.05, 3.63) is 69.0 Å². The van der Waals surface area contributed by atoms with E-state index in [1.807, 2.05) is 24.4 Å². The predicted molar refractivity (Wildman–Crippen MR) is 88.0 cm³/mol. The summed E-state index contributed by atoms with van der Waals surface area (Å²) in [5, 5.41) is 1.78. The van der Waals surface area contributed by atoms with Gasteiger partial charge in [0.05, 0.1) is 5.52 Å². The molecule has 3 aromatic rings. The molecule has 21 heavy (non-hydrogen) atoms. The molecule has 0 aliphatic heterocycles. The zero-order chi connectivity index (χ0) is 15.0. The zero-order valence-electron chi connectivity index (χ0n) is 11.1. The number of benzene rings is 2. The van der Waals surface area contributed by atoms with Crippen molar-refractivity contribution in [3.8, 4) is 0 Å². The lowest BCUT2D eigenvalue weighted by Crippen LogP contribution is -2.00. The highest BCUT2D eigenvalue weighted by molar-refractivity contribution is 9.10. The number of nitrogens with zero attached hydrogens (tertiary/aromatic N) is 1. The summed E-state index contributed by atoms with van der Waals surface area (Å²) in [7, 11) is 0. The van der Waals surface area contributed by atoms with Crippen LogP contribution in [0.3, 0.4) is 0 Å². The maximum absolute atomic E-state index is 13.2. The number of nitrogens with two attached hydrogens (primary N) is 1. The lowest BCUT2D eigenvalue weighted by molar-refractivity contribution is 0.625. The third-order valence-electron chi connectivity index (χ3n) is 3.50. The van der Waals surface area contributed by atoms with Gasteiger partial charge < -0.3 is 10.3 Å². The first-order chi connectivity index (χ1) is 10.1. The summed E-state index contributed by atoms with van der Waals surface area (Å²) in [5.41, 5.74) is 8.90. The van der Waals surface area contributed by atoms with Crippen LogP contribution in [0.4, 0.5) is 4.39 Å². The average Bonchev–Trinajstić information content (AvgIpc) is 2.79. The van der Waals surface area contributed by atoms with Crippen molar-refractivity contribution < 1.29 is 4.39 Å². The van der Waals surface area contributed by atoms with E-state index in [9.17, 15) is 4.39 Å². The van der Waals surface area contributed by atoms with Gasteiger partial charge in [-0.3, -0.25) is 0 Å². The van der Waals surface area contributed by atoms with Crippen LogP contribution < -0.4 is 5.73 Å². The Morgan fingerprint density at radius 2 is 1.95 bits per heavy atom. The first-order valence-corrected chi connectivity index (χ1v) is 7.67. The molecule has 0 atom stereocenters. The van der Waals surface area contributed by atoms with Gasteiger partial charge in [-0.25, -0.2) is 4.39 Å². The van der Waals surface area contributed by atoms with E-state index in [2.05, 4.69) is 20.5 Å². The van der Waals surface area contributed by atoms with Crippen LogP contribution in [-0.4, -0.2) is 4.57 Å². The van der Waals surface area contributed by atoms with Crippen LogP contribution in [0.5, 0.6) is 0 Å². The summed E-state index contributed by atoms with van der Waals surface area (Å²) in [5.74, 6) is -0.256. The van der Waals surface area contributed by atoms with E-state index in [-0.39, 0.29) is 5.82 Å². The monoisotopic (exact) mass is 366 g/mol. The van der Waals surface area contributed by atoms with Gasteiger partial charge in [-0.05, 0) is 35.4 Å². The number of hydrogen-bond donors (Lipinski definition) is 1. The van der Waals surface area contributed by atoms with E-state index in [4.69, 9.17) is 17.3 Å². The molecular weight excluding hydrogens is 355 g/mol. The molecule has 0 bridgehead atoms. The van der Waals surface area contributed by atoms with E-state index in [0.717, 1.165) is 26.5 Å². The average molecular weight is 368 g/mol. The van der Waals surface area contributed by atoms with Crippen molar-refractivity contribution in [2.45, 2.75) is 13.1 Å². The van der Waals surface area contributed by atoms with Crippen LogP contribution in [0.25, 0.3) is 10.9 Å². The Morgan fingerprint density at radius 3 is 2.67 bits per heavy atom. The van der Waals surface area contributed by atoms with Crippen LogP contribution in [0.1, 0.15) is 11.1 Å². The highest BCUT2D eigenvalue weighted by Crippen LogP contribution is 2.27. The second-order valence-electron chi connectivity index (χ2n) is 4.88. The molecule has 2 N–H and O–H groups in total. The fraction of sp³-hybridized carbons (Fsp3) is 0.125. The lowest BCUT2D eigenvalue weighted by atomic mass is 10.2. The molecule has 2 nitrogen and oxygen atoms in total. The first-order valence-electron chi connectivity index (χ1n) is 6.50. The summed E-state index contributed by atoms with van der Waals surface area (Å²) in [6.45, 7) is 1.09. The van der Waals surface area contributed by atoms with E-state index in [1.54, 1.807) is 6.07 Å². The van der Waals surface area contributed by atoms with Crippen molar-refractivity contribution in [1.82, 2.24) is 4.57 Å². The fourth-order valence-electron chi connectivity index (χ4n) is 2.47. The van der Waals surface area contributed by atoms with Gasteiger partial charge in [0, 0.05) is 34.2 Å². The van der Waals surface area contributed by atoms with Gasteiger partial charge >= 0.3 is 0 Å². The number of fused-ring (bicyclic) bond motifs is 1. The van der Waals surface area contributed by atoms with Crippen LogP contribution >= 0.6 is 27.5 Å². The van der Waals surface area contributed by atoms with Crippen molar-refractivity contribution in [2.24, 2.45) is 5.73 Å². The fourth-order valence-corrected chi connectivity index (χ4v) is 3.11. The second-order valence-corrected chi connectivity index (χ2v) is 6.17. The van der Waals surface area contributed by atoms with E-state index >= 15 is 0 Å². The molecule has 0 aliphatic rings. The van der Waals surface area contributed by atoms with Gasteiger partial charge in [-0.15, -0.1) is 0 Å². The third-order valence-corrected chi connectivity index (χ3v) is 4.48. The van der Waals surface area contributed by atoms with Crippen LogP contribution in [-0.2, 0) is 13.1 Å². The first kappa shape index (κ1) is 14.6. The van der Waals surface area contributed by atoms with Crippen molar-refractivity contribution >= 4 is 38.4 Å². The normalized spacial score (nSPS) is 11.2. The number of rotatable bonds is 3. The van der Waals surface area contributed by atoms with Crippen molar-refractivity contribution in [3.63, 3.8) is 0 Å². The Morgan fingerprint density at radius 1 is 1.14 bits per heavy atom. The largest absolute Gasteiger partial charge is 0.343 e. The minimum Gasteiger partial charge on any atom is -0.343 e. The maximum atomic E-state index is 13.2. The summed E-state index contributed by atoms with van der Waals surface area (Å²) >= 11 is 9.50. The van der Waals surface area contributed by atoms with Gasteiger partial charge in [0.2, 0.25) is 0 Å². The molecule has 0 fully saturated rings. The van der Waals surface area contributed by atoms with Crippen LogP contribution in [0, 0.1) is 5.82 Å². The van der Waals surface area contributed by atoms with Gasteiger partial charge in [0.15, 0.2) is 0 Å². The molecule has 0 spiro atoms. The minimum absolute atomic E-state index is 0.256. The predicted octanol–water partition coefficient (Wildman–Crippen LogP) is 4.70. The number of halogens is 3. The molecule has 0 aliphatic carbocycles. The van der Waals surface area contributed by atoms with E-state index in [0.29, 0.717) is 18.1 Å². The molecule has 1 aromatic heterocycles. The topological polar surface area (TPSA) is 30.9 Å². The molecule has 108 valence electrons. The van der Waals surface area contributed by atoms with E-state index < -0.39 is 0 Å². The van der Waals surface area contributed by atoms with Crippen molar-refractivity contribution in [1.29, 1.82) is 0 Å². The maximum Gasteiger partial charge on any atom is 0.124 e. The molecule has 1 heterocycles. The molecule has 0 amide bonds. The molecule has 2 aromatic carbocycles. The molecule has 5 heteroatoms. The second kappa shape index (κ2) is 5.79. The zero-order valence-corrected chi connectivity index (χ0v) is 13.5. The SMILES string of the molecule is NCc1cn(Cc2ccc(F)cc2Br)c2cc(Cl)ccc12. The highest BCUT2D eigenvalue weighted by Gasteiger charge is 2.10. The van der Waals surface area contributed by atoms with Gasteiger partial charge in [0.25, 0.3) is 0 Å². The van der Waals surface area contributed by atoms with Gasteiger partial charge in [0.1, 0.15) is 5.82 Å². The Bertz CT molecular complexity index is 813. The Hall–Kier alpha value is -1.36. The standard InChI is InChI=1S/C16H13BrClFN2/c17-15-6-13(19)3-1-10(15)8-21-9-11(7-20)14-4-2-12(18)5-16(14)21/h1-6,9H,7-8,20H2. The summed E-state index contributed by atoms with van der Waals surface area (Å²) in [4.78, 5) is 0. The molecule has 0 radical (unpaired) electrons. The Balaban J connectivity index is 2.09. The smallest absolute Gasteiger partial charge is 0.124 e.